The van der Waals surface area contributed by atoms with Crippen LogP contribution in [0, 0.1) is 0 Å². The number of nitrogens with two attached hydrogens (primary N) is 1. The summed E-state index contributed by atoms with van der Waals surface area (Å²) in [5.41, 5.74) is 7.10. The molecule has 0 aliphatic carbocycles. The molecule has 0 spiro atoms. The third kappa shape index (κ3) is 2.84. The van der Waals surface area contributed by atoms with Crippen molar-refractivity contribution < 1.29 is 14.7 Å². The molecule has 1 amide bonds. The number of benzene rings is 1. The number of aromatic carboxylic acids is 1. The van der Waals surface area contributed by atoms with Crippen LogP contribution in [0.1, 0.15) is 23.7 Å². The van der Waals surface area contributed by atoms with Crippen LogP contribution < -0.4 is 10.6 Å². The average molecular weight is 277 g/mol. The van der Waals surface area contributed by atoms with Gasteiger partial charge in [0.15, 0.2) is 0 Å². The van der Waals surface area contributed by atoms with E-state index in [9.17, 15) is 9.59 Å². The van der Waals surface area contributed by atoms with Crippen LogP contribution in [0.3, 0.4) is 0 Å². The summed E-state index contributed by atoms with van der Waals surface area (Å²) < 4.78 is 0. The minimum atomic E-state index is -1.02. The van der Waals surface area contributed by atoms with Gasteiger partial charge in [0.1, 0.15) is 0 Å². The van der Waals surface area contributed by atoms with Gasteiger partial charge in [0.2, 0.25) is 5.91 Å². The number of carboxylic acids is 1. The minimum absolute atomic E-state index is 0.0686. The quantitative estimate of drug-likeness (QED) is 0.788. The number of carboxylic acid groups (broad SMARTS) is 1. The molecule has 1 heterocycles. The molecule has 0 atom stereocenters. The summed E-state index contributed by atoms with van der Waals surface area (Å²) in [5, 5.41) is 9.11. The SMILES string of the molecule is CC(=O)N1CCCN(c2cccc(C(=O)O)c2N)CC1. The van der Waals surface area contributed by atoms with E-state index in [-0.39, 0.29) is 17.2 Å². The summed E-state index contributed by atoms with van der Waals surface area (Å²) in [5.74, 6) is -0.955. The smallest absolute Gasteiger partial charge is 0.337 e. The zero-order chi connectivity index (χ0) is 14.7. The molecule has 108 valence electrons. The molecule has 0 radical (unpaired) electrons. The van der Waals surface area contributed by atoms with Crippen LogP contribution in [0.15, 0.2) is 18.2 Å². The number of hydrogen-bond acceptors (Lipinski definition) is 4. The molecule has 1 aliphatic rings. The topological polar surface area (TPSA) is 86.9 Å². The molecule has 2 rings (SSSR count). The lowest BCUT2D eigenvalue weighted by Crippen LogP contribution is -2.33. The summed E-state index contributed by atoms with van der Waals surface area (Å²) in [6.07, 6.45) is 0.844. The van der Waals surface area contributed by atoms with Gasteiger partial charge in [-0.2, -0.15) is 0 Å². The van der Waals surface area contributed by atoms with Crippen molar-refractivity contribution in [2.24, 2.45) is 0 Å². The standard InChI is InChI=1S/C14H19N3O3/c1-10(18)16-6-3-7-17(9-8-16)12-5-2-4-11(13(12)15)14(19)20/h2,4-5H,3,6-9,15H2,1H3,(H,19,20). The molecule has 1 fully saturated rings. The number of nitrogen functional groups attached to an aromatic ring is 1. The number of para-hydroxylation sites is 1. The molecule has 1 saturated heterocycles. The Morgan fingerprint density at radius 3 is 2.60 bits per heavy atom. The van der Waals surface area contributed by atoms with Crippen LogP contribution in [0.2, 0.25) is 0 Å². The highest BCUT2D eigenvalue weighted by Crippen LogP contribution is 2.27. The number of carbonyl (C=O) groups is 2. The fraction of sp³-hybridized carbons (Fsp3) is 0.429. The van der Waals surface area contributed by atoms with Crippen LogP contribution in [0.25, 0.3) is 0 Å². The number of nitrogens with zero attached hydrogens (tertiary/aromatic N) is 2. The Hall–Kier alpha value is -2.24. The first-order chi connectivity index (χ1) is 9.50. The first-order valence-electron chi connectivity index (χ1n) is 6.63. The monoisotopic (exact) mass is 277 g/mol. The van der Waals surface area contributed by atoms with Gasteiger partial charge < -0.3 is 20.6 Å². The maximum absolute atomic E-state index is 11.4. The Balaban J connectivity index is 2.22. The van der Waals surface area contributed by atoms with Crippen molar-refractivity contribution in [1.82, 2.24) is 4.90 Å². The van der Waals surface area contributed by atoms with E-state index >= 15 is 0 Å². The van der Waals surface area contributed by atoms with Crippen LogP contribution in [0.4, 0.5) is 11.4 Å². The van der Waals surface area contributed by atoms with Crippen molar-refractivity contribution in [3.63, 3.8) is 0 Å². The molecule has 1 aliphatic heterocycles. The summed E-state index contributed by atoms with van der Waals surface area (Å²) in [4.78, 5) is 26.4. The maximum atomic E-state index is 11.4. The van der Waals surface area contributed by atoms with Gasteiger partial charge in [-0.15, -0.1) is 0 Å². The van der Waals surface area contributed by atoms with E-state index in [1.165, 1.54) is 6.07 Å². The van der Waals surface area contributed by atoms with Crippen LogP contribution >= 0.6 is 0 Å². The predicted octanol–water partition coefficient (Wildman–Crippen LogP) is 1.03. The van der Waals surface area contributed by atoms with Crippen LogP contribution in [0.5, 0.6) is 0 Å². The third-order valence-electron chi connectivity index (χ3n) is 3.60. The van der Waals surface area contributed by atoms with Gasteiger partial charge in [-0.3, -0.25) is 4.79 Å². The van der Waals surface area contributed by atoms with E-state index < -0.39 is 5.97 Å². The third-order valence-corrected chi connectivity index (χ3v) is 3.60. The lowest BCUT2D eigenvalue weighted by Gasteiger charge is -2.25. The molecular formula is C14H19N3O3. The lowest BCUT2D eigenvalue weighted by molar-refractivity contribution is -0.128. The summed E-state index contributed by atoms with van der Waals surface area (Å²) in [7, 11) is 0. The Bertz CT molecular complexity index is 530. The zero-order valence-corrected chi connectivity index (χ0v) is 11.5. The Kier molecular flexibility index (Phi) is 4.12. The highest BCUT2D eigenvalue weighted by atomic mass is 16.4. The van der Waals surface area contributed by atoms with Gasteiger partial charge in [-0.25, -0.2) is 4.79 Å². The van der Waals surface area contributed by atoms with Gasteiger partial charge in [-0.05, 0) is 18.6 Å². The molecule has 3 N–H and O–H groups in total. The normalized spacial score (nSPS) is 15.8. The van der Waals surface area contributed by atoms with Crippen LogP contribution in [-0.2, 0) is 4.79 Å². The first-order valence-corrected chi connectivity index (χ1v) is 6.63. The molecule has 20 heavy (non-hydrogen) atoms. The van der Waals surface area contributed by atoms with Crippen molar-refractivity contribution in [1.29, 1.82) is 0 Å². The molecule has 6 heteroatoms. The van der Waals surface area contributed by atoms with Gasteiger partial charge in [-0.1, -0.05) is 6.07 Å². The minimum Gasteiger partial charge on any atom is -0.478 e. The molecule has 1 aromatic carbocycles. The number of hydrogen-bond donors (Lipinski definition) is 2. The second-order valence-corrected chi connectivity index (χ2v) is 4.89. The zero-order valence-electron chi connectivity index (χ0n) is 11.5. The maximum Gasteiger partial charge on any atom is 0.337 e. The molecular weight excluding hydrogens is 258 g/mol. The van der Waals surface area contributed by atoms with Crippen molar-refractivity contribution >= 4 is 23.3 Å². The van der Waals surface area contributed by atoms with E-state index in [1.54, 1.807) is 17.9 Å². The summed E-state index contributed by atoms with van der Waals surface area (Å²) >= 11 is 0. The van der Waals surface area contributed by atoms with E-state index in [4.69, 9.17) is 10.8 Å². The predicted molar refractivity (Wildman–Crippen MR) is 76.9 cm³/mol. The summed E-state index contributed by atoms with van der Waals surface area (Å²) in [6, 6.07) is 5.02. The van der Waals surface area contributed by atoms with Gasteiger partial charge in [0.05, 0.1) is 16.9 Å². The van der Waals surface area contributed by atoms with Gasteiger partial charge in [0, 0.05) is 33.1 Å². The number of carbonyl (C=O) groups excluding carboxylic acids is 1. The van der Waals surface area contributed by atoms with E-state index in [2.05, 4.69) is 0 Å². The van der Waals surface area contributed by atoms with E-state index in [0.29, 0.717) is 13.1 Å². The Morgan fingerprint density at radius 2 is 1.95 bits per heavy atom. The molecule has 6 nitrogen and oxygen atoms in total. The molecule has 0 saturated carbocycles. The highest BCUT2D eigenvalue weighted by molar-refractivity contribution is 5.97. The molecule has 0 bridgehead atoms. The van der Waals surface area contributed by atoms with Crippen molar-refractivity contribution in [3.05, 3.63) is 23.8 Å². The largest absolute Gasteiger partial charge is 0.478 e. The fourth-order valence-corrected chi connectivity index (χ4v) is 2.49. The van der Waals surface area contributed by atoms with E-state index in [1.807, 2.05) is 11.0 Å². The second kappa shape index (κ2) is 5.81. The molecule has 1 aromatic rings. The van der Waals surface area contributed by atoms with E-state index in [0.717, 1.165) is 25.2 Å². The van der Waals surface area contributed by atoms with Crippen LogP contribution in [-0.4, -0.2) is 48.1 Å². The average Bonchev–Trinajstić information content (AvgIpc) is 2.64. The van der Waals surface area contributed by atoms with Crippen molar-refractivity contribution in [3.8, 4) is 0 Å². The number of anilines is 2. The highest BCUT2D eigenvalue weighted by Gasteiger charge is 2.20. The number of rotatable bonds is 2. The molecule has 0 aromatic heterocycles. The second-order valence-electron chi connectivity index (χ2n) is 4.89. The van der Waals surface area contributed by atoms with Crippen molar-refractivity contribution in [2.75, 3.05) is 36.8 Å². The first kappa shape index (κ1) is 14.2. The van der Waals surface area contributed by atoms with Crippen molar-refractivity contribution in [2.45, 2.75) is 13.3 Å². The Morgan fingerprint density at radius 1 is 1.20 bits per heavy atom. The van der Waals surface area contributed by atoms with Gasteiger partial charge in [0.25, 0.3) is 0 Å². The van der Waals surface area contributed by atoms with Gasteiger partial charge >= 0.3 is 5.97 Å². The Labute approximate surface area is 117 Å². The molecule has 0 unspecified atom stereocenters. The summed E-state index contributed by atoms with van der Waals surface area (Å²) in [6.45, 7) is 4.34. The number of amides is 1. The lowest BCUT2D eigenvalue weighted by atomic mass is 10.1. The fourth-order valence-electron chi connectivity index (χ4n) is 2.49.